The molecule has 2 aromatic carbocycles. The van der Waals surface area contributed by atoms with Crippen molar-refractivity contribution in [2.75, 3.05) is 29.9 Å². The van der Waals surface area contributed by atoms with Gasteiger partial charge in [0, 0.05) is 31.3 Å². The van der Waals surface area contributed by atoms with E-state index in [1.807, 2.05) is 31.7 Å². The van der Waals surface area contributed by atoms with Crippen molar-refractivity contribution in [3.05, 3.63) is 58.9 Å². The molecule has 168 valence electrons. The number of hydrogen-bond donors (Lipinski definition) is 1. The number of nitrogens with one attached hydrogen (secondary N) is 1. The third-order valence-electron chi connectivity index (χ3n) is 5.19. The summed E-state index contributed by atoms with van der Waals surface area (Å²) in [6.45, 7) is 9.00. The van der Waals surface area contributed by atoms with Gasteiger partial charge in [0.05, 0.1) is 18.4 Å². The highest BCUT2D eigenvalue weighted by atomic mass is 19.1. The lowest BCUT2D eigenvalue weighted by Gasteiger charge is -2.24. The summed E-state index contributed by atoms with van der Waals surface area (Å²) in [5.41, 5.74) is 1.77. The summed E-state index contributed by atoms with van der Waals surface area (Å²) in [5.74, 6) is -2.00. The number of carbonyl (C=O) groups excluding carboxylic acids is 1. The summed E-state index contributed by atoms with van der Waals surface area (Å²) in [6, 6.07) is 6.63. The molecule has 1 saturated heterocycles. The number of halogens is 3. The molecule has 1 N–H and O–H groups in total. The van der Waals surface area contributed by atoms with Crippen LogP contribution in [0.5, 0.6) is 0 Å². The maximum atomic E-state index is 14.8. The lowest BCUT2D eigenvalue weighted by atomic mass is 9.92. The van der Waals surface area contributed by atoms with Gasteiger partial charge >= 0.3 is 0 Å². The van der Waals surface area contributed by atoms with Crippen LogP contribution in [-0.4, -0.2) is 25.6 Å². The molecular formula is C24H29F3N2O2. The van der Waals surface area contributed by atoms with Gasteiger partial charge in [-0.3, -0.25) is 4.79 Å². The zero-order valence-corrected chi connectivity index (χ0v) is 18.4. The molecule has 1 amide bonds. The molecule has 7 heteroatoms. The van der Waals surface area contributed by atoms with Crippen LogP contribution in [0.15, 0.2) is 30.3 Å². The molecule has 2 aromatic rings. The van der Waals surface area contributed by atoms with Gasteiger partial charge in [-0.1, -0.05) is 20.8 Å². The first-order valence-corrected chi connectivity index (χ1v) is 10.4. The van der Waals surface area contributed by atoms with Crippen LogP contribution in [0.1, 0.15) is 50.8 Å². The van der Waals surface area contributed by atoms with E-state index in [1.54, 1.807) is 6.92 Å². The van der Waals surface area contributed by atoms with E-state index in [9.17, 15) is 18.0 Å². The fraction of sp³-hybridized carbons (Fsp3) is 0.458. The highest BCUT2D eigenvalue weighted by Gasteiger charge is 2.23. The molecule has 1 aliphatic heterocycles. The van der Waals surface area contributed by atoms with Crippen molar-refractivity contribution in [2.24, 2.45) is 5.41 Å². The first-order valence-electron chi connectivity index (χ1n) is 10.4. The minimum Gasteiger partial charge on any atom is -0.372 e. The molecule has 0 spiro atoms. The maximum Gasteiger partial charge on any atom is 0.224 e. The minimum atomic E-state index is -0.638. The van der Waals surface area contributed by atoms with Gasteiger partial charge in [-0.2, -0.15) is 0 Å². The maximum absolute atomic E-state index is 14.8. The third-order valence-corrected chi connectivity index (χ3v) is 5.19. The first kappa shape index (κ1) is 23.1. The fourth-order valence-corrected chi connectivity index (χ4v) is 3.79. The van der Waals surface area contributed by atoms with Crippen molar-refractivity contribution in [3.63, 3.8) is 0 Å². The molecule has 0 unspecified atom stereocenters. The SMILES string of the molecule is Cc1cc(N2CCO[C@H](c3cc(F)cc(F)c3)CC2)cc(F)c1NC(=O)CC(C)(C)C. The zero-order valence-electron chi connectivity index (χ0n) is 18.4. The molecule has 31 heavy (non-hydrogen) atoms. The summed E-state index contributed by atoms with van der Waals surface area (Å²) < 4.78 is 47.8. The number of anilines is 2. The quantitative estimate of drug-likeness (QED) is 0.666. The van der Waals surface area contributed by atoms with E-state index in [1.165, 1.54) is 18.2 Å². The summed E-state index contributed by atoms with van der Waals surface area (Å²) in [4.78, 5) is 14.2. The Bertz CT molecular complexity index is 913. The van der Waals surface area contributed by atoms with E-state index in [-0.39, 0.29) is 17.0 Å². The van der Waals surface area contributed by atoms with E-state index in [4.69, 9.17) is 4.74 Å². The van der Waals surface area contributed by atoms with Crippen LogP contribution in [0, 0.1) is 29.8 Å². The second-order valence-electron chi connectivity index (χ2n) is 9.24. The Hall–Kier alpha value is -2.54. The lowest BCUT2D eigenvalue weighted by molar-refractivity contribution is -0.117. The Morgan fingerprint density at radius 3 is 2.39 bits per heavy atom. The van der Waals surface area contributed by atoms with Crippen LogP contribution in [0.3, 0.4) is 0 Å². The summed E-state index contributed by atoms with van der Waals surface area (Å²) in [7, 11) is 0. The van der Waals surface area contributed by atoms with Gasteiger partial charge in [-0.25, -0.2) is 13.2 Å². The summed E-state index contributed by atoms with van der Waals surface area (Å²) in [6.07, 6.45) is 0.365. The average molecular weight is 435 g/mol. The van der Waals surface area contributed by atoms with E-state index >= 15 is 0 Å². The van der Waals surface area contributed by atoms with E-state index < -0.39 is 23.6 Å². The zero-order chi connectivity index (χ0) is 22.8. The fourth-order valence-electron chi connectivity index (χ4n) is 3.79. The molecule has 3 rings (SSSR count). The molecule has 0 bridgehead atoms. The number of aryl methyl sites for hydroxylation is 1. The van der Waals surface area contributed by atoms with Crippen molar-refractivity contribution in [2.45, 2.75) is 46.6 Å². The highest BCUT2D eigenvalue weighted by molar-refractivity contribution is 5.92. The highest BCUT2D eigenvalue weighted by Crippen LogP contribution is 2.31. The van der Waals surface area contributed by atoms with Crippen LogP contribution in [-0.2, 0) is 9.53 Å². The van der Waals surface area contributed by atoms with Crippen molar-refractivity contribution in [3.8, 4) is 0 Å². The third kappa shape index (κ3) is 6.23. The largest absolute Gasteiger partial charge is 0.372 e. The smallest absolute Gasteiger partial charge is 0.224 e. The molecule has 0 aromatic heterocycles. The monoisotopic (exact) mass is 434 g/mol. The van der Waals surface area contributed by atoms with Crippen molar-refractivity contribution < 1.29 is 22.7 Å². The average Bonchev–Trinajstić information content (AvgIpc) is 2.88. The topological polar surface area (TPSA) is 41.6 Å². The number of amides is 1. The Labute approximate surface area is 181 Å². The minimum absolute atomic E-state index is 0.192. The van der Waals surface area contributed by atoms with Crippen LogP contribution in [0.2, 0.25) is 0 Å². The molecule has 0 aliphatic carbocycles. The van der Waals surface area contributed by atoms with E-state index in [2.05, 4.69) is 5.32 Å². The normalized spacial score (nSPS) is 17.4. The van der Waals surface area contributed by atoms with Gasteiger partial charge < -0.3 is 15.0 Å². The Morgan fingerprint density at radius 2 is 1.77 bits per heavy atom. The van der Waals surface area contributed by atoms with E-state index in [0.717, 1.165) is 6.07 Å². The van der Waals surface area contributed by atoms with Gasteiger partial charge in [0.15, 0.2) is 0 Å². The van der Waals surface area contributed by atoms with Gasteiger partial charge in [0.25, 0.3) is 0 Å². The summed E-state index contributed by atoms with van der Waals surface area (Å²) in [5, 5.41) is 2.69. The van der Waals surface area contributed by atoms with Crippen LogP contribution >= 0.6 is 0 Å². The van der Waals surface area contributed by atoms with E-state index in [0.29, 0.717) is 49.4 Å². The predicted molar refractivity (Wildman–Crippen MR) is 116 cm³/mol. The molecular weight excluding hydrogens is 405 g/mol. The summed E-state index contributed by atoms with van der Waals surface area (Å²) >= 11 is 0. The Balaban J connectivity index is 1.72. The molecule has 1 atom stereocenters. The predicted octanol–water partition coefficient (Wildman–Crippen LogP) is 5.76. The molecule has 1 heterocycles. The molecule has 0 radical (unpaired) electrons. The molecule has 4 nitrogen and oxygen atoms in total. The van der Waals surface area contributed by atoms with Crippen molar-refractivity contribution >= 4 is 17.3 Å². The van der Waals surface area contributed by atoms with Gasteiger partial charge in [-0.15, -0.1) is 0 Å². The van der Waals surface area contributed by atoms with Crippen molar-refractivity contribution in [1.82, 2.24) is 0 Å². The first-order chi connectivity index (χ1) is 14.5. The number of benzene rings is 2. The lowest BCUT2D eigenvalue weighted by Crippen LogP contribution is -2.26. The molecule has 0 saturated carbocycles. The van der Waals surface area contributed by atoms with Gasteiger partial charge in [-0.05, 0) is 54.2 Å². The number of hydrogen-bond acceptors (Lipinski definition) is 3. The number of nitrogens with zero attached hydrogens (tertiary/aromatic N) is 1. The molecule has 1 fully saturated rings. The standard InChI is InChI=1S/C24H29F3N2O2/c1-15-9-19(13-20(27)23(15)28-22(30)14-24(2,3)4)29-6-5-21(31-8-7-29)16-10-17(25)12-18(26)11-16/h9-13,21H,5-8,14H2,1-4H3,(H,28,30)/t21-/m0/s1. The van der Waals surface area contributed by atoms with Crippen molar-refractivity contribution in [1.29, 1.82) is 0 Å². The van der Waals surface area contributed by atoms with Gasteiger partial charge in [0.1, 0.15) is 17.5 Å². The van der Waals surface area contributed by atoms with Crippen LogP contribution < -0.4 is 10.2 Å². The second-order valence-corrected chi connectivity index (χ2v) is 9.24. The number of ether oxygens (including phenoxy) is 1. The number of rotatable bonds is 4. The Kier molecular flexibility index (Phi) is 6.94. The second kappa shape index (κ2) is 9.30. The van der Waals surface area contributed by atoms with Crippen LogP contribution in [0.4, 0.5) is 24.5 Å². The Morgan fingerprint density at radius 1 is 1.10 bits per heavy atom. The number of carbonyl (C=O) groups is 1. The molecule has 1 aliphatic rings. The van der Waals surface area contributed by atoms with Gasteiger partial charge in [0.2, 0.25) is 5.91 Å². The van der Waals surface area contributed by atoms with Crippen LogP contribution in [0.25, 0.3) is 0 Å².